The summed E-state index contributed by atoms with van der Waals surface area (Å²) in [6.45, 7) is 4.38. The fraction of sp³-hybridized carbons (Fsp3) is 0.673. The molecule has 2 atom stereocenters. The van der Waals surface area contributed by atoms with Gasteiger partial charge in [0.15, 0.2) is 6.10 Å². The summed E-state index contributed by atoms with van der Waals surface area (Å²) < 4.78 is 17.2. The van der Waals surface area contributed by atoms with Gasteiger partial charge in [-0.15, -0.1) is 0 Å². The van der Waals surface area contributed by atoms with E-state index in [9.17, 15) is 19.5 Å². The SMILES string of the molecule is CC/C=C/C=C/C=C/C=C/CCCCCCCC(=O)OCC(COCCC(C(=O)[O-])[N+](C)(C)C)OC(=O)CCCCCCCCCCCCC/C=C/C/C=C/C/C=C/CC. The Morgan fingerprint density at radius 3 is 1.50 bits per heavy atom. The molecule has 0 bridgehead atoms. The number of nitrogens with zero attached hydrogens (tertiary/aromatic N) is 1. The van der Waals surface area contributed by atoms with Gasteiger partial charge in [-0.2, -0.15) is 0 Å². The minimum Gasteiger partial charge on any atom is -0.544 e. The summed E-state index contributed by atoms with van der Waals surface area (Å²) in [7, 11) is 5.39. The van der Waals surface area contributed by atoms with E-state index in [2.05, 4.69) is 68.5 Å². The van der Waals surface area contributed by atoms with E-state index in [0.717, 1.165) is 83.5 Å². The first-order valence-electron chi connectivity index (χ1n) is 23.7. The predicted octanol–water partition coefficient (Wildman–Crippen LogP) is 12.0. The molecule has 0 aliphatic rings. The second-order valence-electron chi connectivity index (χ2n) is 16.7. The van der Waals surface area contributed by atoms with Crippen molar-refractivity contribution in [2.75, 3.05) is 41.0 Å². The van der Waals surface area contributed by atoms with Crippen molar-refractivity contribution in [3.63, 3.8) is 0 Å². The van der Waals surface area contributed by atoms with Crippen molar-refractivity contribution in [2.45, 2.75) is 187 Å². The number of esters is 2. The van der Waals surface area contributed by atoms with Gasteiger partial charge in [0.2, 0.25) is 0 Å². The number of aliphatic carboxylic acids is 1. The Kier molecular flexibility index (Phi) is 39.8. The van der Waals surface area contributed by atoms with E-state index >= 15 is 0 Å². The Balaban J connectivity index is 4.32. The zero-order valence-electron chi connectivity index (χ0n) is 38.8. The minimum atomic E-state index is -1.13. The van der Waals surface area contributed by atoms with Crippen LogP contribution in [0.2, 0.25) is 0 Å². The summed E-state index contributed by atoms with van der Waals surface area (Å²) in [5, 5.41) is 11.6. The molecule has 0 rings (SSSR count). The molecule has 8 heteroatoms. The highest BCUT2D eigenvalue weighted by atomic mass is 16.6. The van der Waals surface area contributed by atoms with E-state index in [1.807, 2.05) is 30.4 Å². The molecule has 0 spiro atoms. The molecular weight excluding hydrogens is 751 g/mol. The van der Waals surface area contributed by atoms with Gasteiger partial charge in [0.1, 0.15) is 12.6 Å². The normalized spacial score (nSPS) is 13.7. The number of likely N-dealkylation sites (N-methyl/N-ethyl adjacent to an activating group) is 1. The number of allylic oxidation sites excluding steroid dienone is 14. The second-order valence-corrected chi connectivity index (χ2v) is 16.7. The van der Waals surface area contributed by atoms with Crippen LogP contribution in [0.5, 0.6) is 0 Å². The van der Waals surface area contributed by atoms with Crippen LogP contribution in [0.4, 0.5) is 0 Å². The van der Waals surface area contributed by atoms with Crippen molar-refractivity contribution < 1.29 is 38.2 Å². The Morgan fingerprint density at radius 1 is 0.517 bits per heavy atom. The van der Waals surface area contributed by atoms with Gasteiger partial charge in [0.25, 0.3) is 0 Å². The lowest BCUT2D eigenvalue weighted by Gasteiger charge is -2.34. The van der Waals surface area contributed by atoms with Crippen molar-refractivity contribution >= 4 is 17.9 Å². The average Bonchev–Trinajstić information content (AvgIpc) is 3.21. The fourth-order valence-electron chi connectivity index (χ4n) is 6.51. The molecule has 0 aliphatic carbocycles. The van der Waals surface area contributed by atoms with Crippen molar-refractivity contribution in [3.8, 4) is 0 Å². The summed E-state index contributed by atoms with van der Waals surface area (Å²) in [6.07, 6.45) is 54.6. The van der Waals surface area contributed by atoms with Crippen LogP contribution in [0.1, 0.15) is 174 Å². The Bertz CT molecular complexity index is 1250. The molecule has 0 aromatic carbocycles. The topological polar surface area (TPSA) is 102 Å². The van der Waals surface area contributed by atoms with Crippen LogP contribution < -0.4 is 5.11 Å². The summed E-state index contributed by atoms with van der Waals surface area (Å²) in [6, 6.07) is -0.734. The molecule has 0 amide bonds. The zero-order valence-corrected chi connectivity index (χ0v) is 38.8. The third-order valence-corrected chi connectivity index (χ3v) is 10.1. The highest BCUT2D eigenvalue weighted by Gasteiger charge is 2.25. The maximum atomic E-state index is 12.8. The molecular formula is C52H87NO7. The molecule has 0 aromatic rings. The lowest BCUT2D eigenvalue weighted by molar-refractivity contribution is -0.889. The molecule has 0 saturated heterocycles. The molecule has 0 fully saturated rings. The first-order chi connectivity index (χ1) is 29.1. The van der Waals surface area contributed by atoms with E-state index in [4.69, 9.17) is 14.2 Å². The number of ether oxygens (including phenoxy) is 3. The van der Waals surface area contributed by atoms with E-state index in [1.165, 1.54) is 57.8 Å². The number of hydrogen-bond donors (Lipinski definition) is 0. The van der Waals surface area contributed by atoms with Gasteiger partial charge in [-0.3, -0.25) is 9.59 Å². The van der Waals surface area contributed by atoms with Gasteiger partial charge in [-0.05, 0) is 64.2 Å². The van der Waals surface area contributed by atoms with Crippen molar-refractivity contribution in [2.24, 2.45) is 0 Å². The summed E-state index contributed by atoms with van der Waals surface area (Å²) in [4.78, 5) is 36.9. The Hall–Kier alpha value is -3.49. The number of carboxylic acid groups (broad SMARTS) is 1. The first-order valence-corrected chi connectivity index (χ1v) is 23.7. The van der Waals surface area contributed by atoms with E-state index in [0.29, 0.717) is 12.8 Å². The monoisotopic (exact) mass is 838 g/mol. The third kappa shape index (κ3) is 39.9. The van der Waals surface area contributed by atoms with Gasteiger partial charge in [-0.1, -0.05) is 176 Å². The summed E-state index contributed by atoms with van der Waals surface area (Å²) in [5.74, 6) is -1.78. The highest BCUT2D eigenvalue weighted by Crippen LogP contribution is 2.14. The van der Waals surface area contributed by atoms with Gasteiger partial charge in [0, 0.05) is 19.3 Å². The molecule has 0 aromatic heterocycles. The highest BCUT2D eigenvalue weighted by molar-refractivity contribution is 5.70. The summed E-state index contributed by atoms with van der Waals surface area (Å²) in [5.41, 5.74) is 0. The molecule has 0 N–H and O–H groups in total. The van der Waals surface area contributed by atoms with E-state index in [-0.39, 0.29) is 42.7 Å². The van der Waals surface area contributed by atoms with Gasteiger partial charge in [-0.25, -0.2) is 0 Å². The predicted molar refractivity (Wildman–Crippen MR) is 249 cm³/mol. The lowest BCUT2D eigenvalue weighted by Crippen LogP contribution is -2.55. The van der Waals surface area contributed by atoms with Crippen LogP contribution in [0.15, 0.2) is 85.1 Å². The summed E-state index contributed by atoms with van der Waals surface area (Å²) >= 11 is 0. The van der Waals surface area contributed by atoms with Gasteiger partial charge < -0.3 is 28.6 Å². The molecule has 8 nitrogen and oxygen atoms in total. The molecule has 342 valence electrons. The number of unbranched alkanes of at least 4 members (excludes halogenated alkanes) is 16. The molecule has 0 aliphatic heterocycles. The van der Waals surface area contributed by atoms with Crippen LogP contribution >= 0.6 is 0 Å². The van der Waals surface area contributed by atoms with E-state index < -0.39 is 18.1 Å². The number of carbonyl (C=O) groups excluding carboxylic acids is 3. The Morgan fingerprint density at radius 2 is 0.967 bits per heavy atom. The minimum absolute atomic E-state index is 0.0274. The van der Waals surface area contributed by atoms with Crippen molar-refractivity contribution in [1.82, 2.24) is 0 Å². The number of carboxylic acids is 1. The fourth-order valence-corrected chi connectivity index (χ4v) is 6.51. The molecule has 0 saturated carbocycles. The standard InChI is InChI=1S/C52H87NO7/c1-6-8-10-12-14-16-18-20-22-23-24-25-26-27-29-31-33-35-37-39-41-43-51(55)60-48(46-58-45-44-49(52(56)57)53(3,4)5)47-59-50(54)42-40-38-36-34-32-30-28-21-19-17-15-13-11-9-7-2/h8-11,13-17,19-22,28,48-49H,6-7,12,18,23-27,29-47H2,1-5H3/b10-8+,11-9+,15-13+,16-14+,19-17+,22-20+,28-21+. The lowest BCUT2D eigenvalue weighted by atomic mass is 10.0. The van der Waals surface area contributed by atoms with Crippen LogP contribution in [-0.4, -0.2) is 75.5 Å². The Labute approximate surface area is 367 Å². The van der Waals surface area contributed by atoms with Crippen LogP contribution in [0, 0.1) is 0 Å². The molecule has 60 heavy (non-hydrogen) atoms. The van der Waals surface area contributed by atoms with Gasteiger partial charge in [0.05, 0.1) is 40.3 Å². The average molecular weight is 838 g/mol. The van der Waals surface area contributed by atoms with Crippen molar-refractivity contribution in [1.29, 1.82) is 0 Å². The number of rotatable bonds is 41. The number of carbonyl (C=O) groups is 3. The zero-order chi connectivity index (χ0) is 44.2. The molecule has 0 heterocycles. The van der Waals surface area contributed by atoms with Gasteiger partial charge >= 0.3 is 11.9 Å². The molecule has 2 unspecified atom stereocenters. The smallest absolute Gasteiger partial charge is 0.306 e. The van der Waals surface area contributed by atoms with E-state index in [1.54, 1.807) is 21.1 Å². The van der Waals surface area contributed by atoms with Crippen LogP contribution in [0.25, 0.3) is 0 Å². The first kappa shape index (κ1) is 56.5. The second kappa shape index (κ2) is 42.2. The third-order valence-electron chi connectivity index (χ3n) is 10.1. The quantitative estimate of drug-likeness (QED) is 0.0199. The molecule has 0 radical (unpaired) electrons. The number of hydrogen-bond acceptors (Lipinski definition) is 7. The largest absolute Gasteiger partial charge is 0.544 e. The van der Waals surface area contributed by atoms with Crippen LogP contribution in [0.3, 0.4) is 0 Å². The maximum Gasteiger partial charge on any atom is 0.306 e. The van der Waals surface area contributed by atoms with Crippen molar-refractivity contribution in [3.05, 3.63) is 85.1 Å². The van der Waals surface area contributed by atoms with Crippen LogP contribution in [-0.2, 0) is 28.6 Å². The maximum absolute atomic E-state index is 12.8. The number of quaternary nitrogens is 1.